The van der Waals surface area contributed by atoms with E-state index >= 15 is 0 Å². The Morgan fingerprint density at radius 3 is 2.00 bits per heavy atom. The summed E-state index contributed by atoms with van der Waals surface area (Å²) in [4.78, 5) is 51.4. The Labute approximate surface area is 124 Å². The minimum atomic E-state index is -0.901. The van der Waals surface area contributed by atoms with Crippen molar-refractivity contribution in [2.75, 3.05) is 0 Å². The van der Waals surface area contributed by atoms with Crippen LogP contribution in [0.1, 0.15) is 60.3 Å². The molecule has 0 atom stereocenters. The number of Topliss-reactive ketones (excluding diaryl/α,β-unsaturated/α-hetero) is 1. The van der Waals surface area contributed by atoms with Crippen molar-refractivity contribution < 1.29 is 24.0 Å². The molecule has 21 heavy (non-hydrogen) atoms. The van der Waals surface area contributed by atoms with E-state index < -0.39 is 23.2 Å². The average Bonchev–Trinajstić information content (AvgIpc) is 2.57. The average molecular weight is 297 g/mol. The molecule has 1 aliphatic heterocycles. The highest BCUT2D eigenvalue weighted by molar-refractivity contribution is 6.01. The Kier molecular flexibility index (Phi) is 4.91. The third-order valence-corrected chi connectivity index (χ3v) is 3.38. The highest BCUT2D eigenvalue weighted by Crippen LogP contribution is 2.37. The highest BCUT2D eigenvalue weighted by atomic mass is 16.7. The van der Waals surface area contributed by atoms with Crippen molar-refractivity contribution in [3.05, 3.63) is 0 Å². The van der Waals surface area contributed by atoms with E-state index in [-0.39, 0.29) is 24.0 Å². The largest absolute Gasteiger partial charge is 0.338 e. The third kappa shape index (κ3) is 4.65. The zero-order valence-corrected chi connectivity index (χ0v) is 13.3. The van der Waals surface area contributed by atoms with Gasteiger partial charge in [-0.15, -0.1) is 5.06 Å². The van der Waals surface area contributed by atoms with E-state index in [9.17, 15) is 19.2 Å². The summed E-state index contributed by atoms with van der Waals surface area (Å²) in [6.07, 6.45) is 0.907. The van der Waals surface area contributed by atoms with Crippen LogP contribution in [0.2, 0.25) is 0 Å². The van der Waals surface area contributed by atoms with Crippen LogP contribution < -0.4 is 0 Å². The molecule has 0 spiro atoms. The summed E-state index contributed by atoms with van der Waals surface area (Å²) >= 11 is 0. The minimum absolute atomic E-state index is 0.0501. The van der Waals surface area contributed by atoms with E-state index in [1.165, 1.54) is 6.92 Å². The number of hydrogen-bond donors (Lipinski definition) is 0. The number of imide groups is 1. The van der Waals surface area contributed by atoms with Crippen molar-refractivity contribution in [3.63, 3.8) is 0 Å². The predicted molar refractivity (Wildman–Crippen MR) is 74.7 cm³/mol. The minimum Gasteiger partial charge on any atom is -0.330 e. The quantitative estimate of drug-likeness (QED) is 0.701. The van der Waals surface area contributed by atoms with E-state index in [1.807, 2.05) is 13.8 Å². The van der Waals surface area contributed by atoms with Crippen molar-refractivity contribution in [1.82, 2.24) is 5.06 Å². The second-order valence-corrected chi connectivity index (χ2v) is 7.06. The normalized spacial score (nSPS) is 16.3. The predicted octanol–water partition coefficient (Wildman–Crippen LogP) is 2.02. The van der Waals surface area contributed by atoms with E-state index in [1.54, 1.807) is 13.8 Å². The molecular formula is C15H23NO5. The first-order chi connectivity index (χ1) is 9.44. The molecule has 118 valence electrons. The fourth-order valence-electron chi connectivity index (χ4n) is 2.87. The van der Waals surface area contributed by atoms with Gasteiger partial charge in [0.15, 0.2) is 0 Å². The maximum Gasteiger partial charge on any atom is 0.338 e. The smallest absolute Gasteiger partial charge is 0.330 e. The molecule has 0 saturated carbocycles. The lowest BCUT2D eigenvalue weighted by Crippen LogP contribution is -2.39. The number of ketones is 1. The summed E-state index contributed by atoms with van der Waals surface area (Å²) in [5, 5.41) is 0.558. The summed E-state index contributed by atoms with van der Waals surface area (Å²) in [6, 6.07) is 0. The van der Waals surface area contributed by atoms with E-state index in [0.29, 0.717) is 17.9 Å². The molecule has 1 aliphatic rings. The number of nitrogens with zero attached hydrogens (tertiary/aromatic N) is 1. The zero-order chi connectivity index (χ0) is 16.4. The molecule has 6 nitrogen and oxygen atoms in total. The van der Waals surface area contributed by atoms with Crippen LogP contribution in [-0.4, -0.2) is 28.6 Å². The lowest BCUT2D eigenvalue weighted by molar-refractivity contribution is -0.205. The molecular weight excluding hydrogens is 274 g/mol. The van der Waals surface area contributed by atoms with Crippen molar-refractivity contribution in [3.8, 4) is 0 Å². The summed E-state index contributed by atoms with van der Waals surface area (Å²) in [5.74, 6) is -1.57. The van der Waals surface area contributed by atoms with Crippen LogP contribution in [0.15, 0.2) is 0 Å². The Morgan fingerprint density at radius 1 is 1.10 bits per heavy atom. The fraction of sp³-hybridized carbons (Fsp3) is 0.733. The van der Waals surface area contributed by atoms with E-state index in [2.05, 4.69) is 0 Å². The number of rotatable bonds is 6. The summed E-state index contributed by atoms with van der Waals surface area (Å²) in [7, 11) is 0. The van der Waals surface area contributed by atoms with E-state index in [0.717, 1.165) is 0 Å². The van der Waals surface area contributed by atoms with Gasteiger partial charge in [0.05, 0.1) is 5.41 Å². The number of carbonyl (C=O) groups is 4. The molecule has 0 N–H and O–H groups in total. The molecule has 0 unspecified atom stereocenters. The molecule has 1 saturated heterocycles. The van der Waals surface area contributed by atoms with Gasteiger partial charge in [-0.3, -0.25) is 9.59 Å². The van der Waals surface area contributed by atoms with Crippen molar-refractivity contribution >= 4 is 23.6 Å². The summed E-state index contributed by atoms with van der Waals surface area (Å²) in [6.45, 7) is 8.67. The number of hydroxylamine groups is 2. The van der Waals surface area contributed by atoms with Gasteiger partial charge < -0.3 is 9.63 Å². The molecule has 2 amide bonds. The van der Waals surface area contributed by atoms with Gasteiger partial charge in [0.2, 0.25) is 0 Å². The monoisotopic (exact) mass is 297 g/mol. The van der Waals surface area contributed by atoms with Gasteiger partial charge >= 0.3 is 5.97 Å². The molecule has 0 aromatic rings. The van der Waals surface area contributed by atoms with Crippen LogP contribution in [0.3, 0.4) is 0 Å². The first-order valence-electron chi connectivity index (χ1n) is 7.02. The topological polar surface area (TPSA) is 80.8 Å². The second-order valence-electron chi connectivity index (χ2n) is 7.06. The SMILES string of the molecule is CC(=O)CC(C)(C)CC(C)(C)C(=O)ON1C(=O)CCC1=O. The van der Waals surface area contributed by atoms with Gasteiger partial charge in [-0.25, -0.2) is 4.79 Å². The standard InChI is InChI=1S/C15H23NO5/c1-10(17)8-14(2,3)9-15(4,5)13(20)21-16-11(18)6-7-12(16)19/h6-9H2,1-5H3. The van der Waals surface area contributed by atoms with Crippen LogP contribution >= 0.6 is 0 Å². The summed E-state index contributed by atoms with van der Waals surface area (Å²) in [5.41, 5.74) is -1.27. The van der Waals surface area contributed by atoms with Crippen LogP contribution in [0.5, 0.6) is 0 Å². The molecule has 1 rings (SSSR count). The van der Waals surface area contributed by atoms with Crippen LogP contribution in [-0.2, 0) is 24.0 Å². The van der Waals surface area contributed by atoms with Crippen molar-refractivity contribution in [2.24, 2.45) is 10.8 Å². The molecule has 0 aromatic carbocycles. The van der Waals surface area contributed by atoms with E-state index in [4.69, 9.17) is 4.84 Å². The van der Waals surface area contributed by atoms with Gasteiger partial charge in [0.25, 0.3) is 11.8 Å². The fourth-order valence-corrected chi connectivity index (χ4v) is 2.87. The van der Waals surface area contributed by atoms with Gasteiger partial charge in [0.1, 0.15) is 5.78 Å². The van der Waals surface area contributed by atoms with Crippen LogP contribution in [0.4, 0.5) is 0 Å². The van der Waals surface area contributed by atoms with Gasteiger partial charge in [0, 0.05) is 19.3 Å². The Bertz CT molecular complexity index is 462. The third-order valence-electron chi connectivity index (χ3n) is 3.38. The Hall–Kier alpha value is -1.72. The molecule has 0 bridgehead atoms. The molecule has 1 heterocycles. The molecule has 6 heteroatoms. The molecule has 0 radical (unpaired) electrons. The molecule has 0 aliphatic carbocycles. The van der Waals surface area contributed by atoms with Crippen LogP contribution in [0, 0.1) is 10.8 Å². The summed E-state index contributed by atoms with van der Waals surface area (Å²) < 4.78 is 0. The Morgan fingerprint density at radius 2 is 1.57 bits per heavy atom. The number of carbonyl (C=O) groups excluding carboxylic acids is 4. The van der Waals surface area contributed by atoms with Gasteiger partial charge in [-0.05, 0) is 32.6 Å². The maximum absolute atomic E-state index is 12.2. The number of amides is 2. The maximum atomic E-state index is 12.2. The highest BCUT2D eigenvalue weighted by Gasteiger charge is 2.41. The van der Waals surface area contributed by atoms with Crippen LogP contribution in [0.25, 0.3) is 0 Å². The first-order valence-corrected chi connectivity index (χ1v) is 7.02. The van der Waals surface area contributed by atoms with Gasteiger partial charge in [-0.1, -0.05) is 13.8 Å². The molecule has 1 fully saturated rings. The Balaban J connectivity index is 2.73. The second kappa shape index (κ2) is 5.95. The van der Waals surface area contributed by atoms with Gasteiger partial charge in [-0.2, -0.15) is 0 Å². The first kappa shape index (κ1) is 17.3. The van der Waals surface area contributed by atoms with Crippen molar-refractivity contribution in [1.29, 1.82) is 0 Å². The zero-order valence-electron chi connectivity index (χ0n) is 13.3. The van der Waals surface area contributed by atoms with Crippen molar-refractivity contribution in [2.45, 2.75) is 60.3 Å². The lowest BCUT2D eigenvalue weighted by Gasteiger charge is -2.33. The molecule has 0 aromatic heterocycles. The lowest BCUT2D eigenvalue weighted by atomic mass is 9.73. The number of hydrogen-bond acceptors (Lipinski definition) is 5.